The van der Waals surface area contributed by atoms with E-state index >= 15 is 0 Å². The first-order valence-electron chi connectivity index (χ1n) is 8.56. The molecule has 0 aromatic heterocycles. The predicted molar refractivity (Wildman–Crippen MR) is 87.7 cm³/mol. The van der Waals surface area contributed by atoms with Crippen LogP contribution in [0.1, 0.15) is 30.4 Å². The molecule has 1 aromatic rings. The third-order valence-corrected chi connectivity index (χ3v) is 4.89. The second-order valence-corrected chi connectivity index (χ2v) is 6.48. The van der Waals surface area contributed by atoms with E-state index in [1.165, 1.54) is 5.56 Å². The van der Waals surface area contributed by atoms with E-state index in [1.54, 1.807) is 0 Å². The monoisotopic (exact) mass is 318 g/mol. The van der Waals surface area contributed by atoms with Crippen molar-refractivity contribution in [1.82, 2.24) is 10.2 Å². The molecule has 5 heteroatoms. The van der Waals surface area contributed by atoms with Crippen LogP contribution in [0.5, 0.6) is 0 Å². The zero-order valence-corrected chi connectivity index (χ0v) is 13.5. The average Bonchev–Trinajstić information content (AvgIpc) is 3.01. The highest BCUT2D eigenvalue weighted by molar-refractivity contribution is 5.79. The van der Waals surface area contributed by atoms with Gasteiger partial charge in [-0.15, -0.1) is 0 Å². The third-order valence-electron chi connectivity index (χ3n) is 4.89. The first kappa shape index (κ1) is 16.4. The highest BCUT2D eigenvalue weighted by Crippen LogP contribution is 2.25. The number of carbonyl (C=O) groups is 1. The predicted octanol–water partition coefficient (Wildman–Crippen LogP) is 1.30. The third kappa shape index (κ3) is 4.31. The molecule has 0 spiro atoms. The SMILES string of the molecule is O=C(NCc1ccccc1CN1CCOCC1)C1CCCC1O. The normalized spacial score (nSPS) is 25.4. The molecule has 1 aliphatic heterocycles. The van der Waals surface area contributed by atoms with Gasteiger partial charge in [-0.1, -0.05) is 24.3 Å². The van der Waals surface area contributed by atoms with Gasteiger partial charge in [0, 0.05) is 26.2 Å². The van der Waals surface area contributed by atoms with Crippen LogP contribution >= 0.6 is 0 Å². The van der Waals surface area contributed by atoms with Crippen LogP contribution in [0.15, 0.2) is 24.3 Å². The van der Waals surface area contributed by atoms with E-state index in [4.69, 9.17) is 4.74 Å². The number of rotatable bonds is 5. The van der Waals surface area contributed by atoms with Crippen LogP contribution in [0.4, 0.5) is 0 Å². The molecule has 2 N–H and O–H groups in total. The summed E-state index contributed by atoms with van der Waals surface area (Å²) in [6.45, 7) is 4.91. The van der Waals surface area contributed by atoms with Gasteiger partial charge in [-0.2, -0.15) is 0 Å². The molecule has 1 amide bonds. The lowest BCUT2D eigenvalue weighted by Crippen LogP contribution is -2.36. The van der Waals surface area contributed by atoms with Gasteiger partial charge >= 0.3 is 0 Å². The van der Waals surface area contributed by atoms with Crippen molar-refractivity contribution in [2.75, 3.05) is 26.3 Å². The van der Waals surface area contributed by atoms with E-state index in [2.05, 4.69) is 22.3 Å². The molecule has 2 atom stereocenters. The van der Waals surface area contributed by atoms with Crippen molar-refractivity contribution in [1.29, 1.82) is 0 Å². The second-order valence-electron chi connectivity index (χ2n) is 6.48. The molecule has 1 saturated heterocycles. The lowest BCUT2D eigenvalue weighted by atomic mass is 10.0. The highest BCUT2D eigenvalue weighted by Gasteiger charge is 2.31. The first-order valence-corrected chi connectivity index (χ1v) is 8.56. The maximum Gasteiger partial charge on any atom is 0.225 e. The molecule has 3 rings (SSSR count). The Kier molecular flexibility index (Phi) is 5.65. The molecule has 1 aromatic carbocycles. The van der Waals surface area contributed by atoms with Crippen LogP contribution in [0.2, 0.25) is 0 Å². The zero-order chi connectivity index (χ0) is 16.1. The molecule has 2 aliphatic rings. The Morgan fingerprint density at radius 2 is 1.96 bits per heavy atom. The Morgan fingerprint density at radius 3 is 2.65 bits per heavy atom. The molecular weight excluding hydrogens is 292 g/mol. The Bertz CT molecular complexity index is 529. The van der Waals surface area contributed by atoms with Gasteiger partial charge < -0.3 is 15.2 Å². The number of morpholine rings is 1. The number of amides is 1. The number of nitrogens with zero attached hydrogens (tertiary/aromatic N) is 1. The fourth-order valence-corrected chi connectivity index (χ4v) is 3.44. The van der Waals surface area contributed by atoms with Crippen LogP contribution in [-0.4, -0.2) is 48.3 Å². The standard InChI is InChI=1S/C18H26N2O3/c21-17-7-3-6-16(17)18(22)19-12-14-4-1-2-5-15(14)13-20-8-10-23-11-9-20/h1-2,4-5,16-17,21H,3,6-13H2,(H,19,22). The molecule has 1 aliphatic carbocycles. The Balaban J connectivity index is 1.58. The molecular formula is C18H26N2O3. The number of ether oxygens (including phenoxy) is 1. The highest BCUT2D eigenvalue weighted by atomic mass is 16.5. The number of hydrogen-bond acceptors (Lipinski definition) is 4. The van der Waals surface area contributed by atoms with E-state index in [-0.39, 0.29) is 11.8 Å². The van der Waals surface area contributed by atoms with Gasteiger partial charge in [-0.3, -0.25) is 9.69 Å². The first-order chi connectivity index (χ1) is 11.2. The second kappa shape index (κ2) is 7.90. The van der Waals surface area contributed by atoms with E-state index in [0.717, 1.165) is 57.7 Å². The number of hydrogen-bond donors (Lipinski definition) is 2. The van der Waals surface area contributed by atoms with E-state index in [0.29, 0.717) is 6.54 Å². The largest absolute Gasteiger partial charge is 0.392 e. The Morgan fingerprint density at radius 1 is 1.22 bits per heavy atom. The van der Waals surface area contributed by atoms with Gasteiger partial charge in [0.2, 0.25) is 5.91 Å². The molecule has 2 unspecified atom stereocenters. The summed E-state index contributed by atoms with van der Waals surface area (Å²) in [5, 5.41) is 12.9. The minimum absolute atomic E-state index is 0.0174. The fraction of sp³-hybridized carbons (Fsp3) is 0.611. The van der Waals surface area contributed by atoms with Crippen molar-refractivity contribution in [3.05, 3.63) is 35.4 Å². The van der Waals surface area contributed by atoms with Crippen LogP contribution in [0.3, 0.4) is 0 Å². The van der Waals surface area contributed by atoms with Gasteiger partial charge in [0.1, 0.15) is 0 Å². The van der Waals surface area contributed by atoms with Gasteiger partial charge in [-0.25, -0.2) is 0 Å². The number of aliphatic hydroxyl groups is 1. The van der Waals surface area contributed by atoms with Gasteiger partial charge in [0.25, 0.3) is 0 Å². The summed E-state index contributed by atoms with van der Waals surface area (Å²) < 4.78 is 5.39. The summed E-state index contributed by atoms with van der Waals surface area (Å²) in [7, 11) is 0. The maximum atomic E-state index is 12.2. The van der Waals surface area contributed by atoms with Gasteiger partial charge in [0.15, 0.2) is 0 Å². The Labute approximate surface area is 137 Å². The molecule has 0 bridgehead atoms. The summed E-state index contributed by atoms with van der Waals surface area (Å²) in [5.41, 5.74) is 2.40. The van der Waals surface area contributed by atoms with E-state index in [9.17, 15) is 9.90 Å². The number of aliphatic hydroxyl groups excluding tert-OH is 1. The van der Waals surface area contributed by atoms with Crippen molar-refractivity contribution >= 4 is 5.91 Å². The van der Waals surface area contributed by atoms with Crippen molar-refractivity contribution in [2.24, 2.45) is 5.92 Å². The number of nitrogens with one attached hydrogen (secondary N) is 1. The summed E-state index contributed by atoms with van der Waals surface area (Å²) in [6.07, 6.45) is 2.00. The molecule has 1 heterocycles. The average molecular weight is 318 g/mol. The van der Waals surface area contributed by atoms with Crippen molar-refractivity contribution in [3.63, 3.8) is 0 Å². The number of carbonyl (C=O) groups excluding carboxylic acids is 1. The summed E-state index contributed by atoms with van der Waals surface area (Å²) in [4.78, 5) is 14.6. The van der Waals surface area contributed by atoms with Crippen LogP contribution < -0.4 is 5.32 Å². The van der Waals surface area contributed by atoms with Gasteiger partial charge in [-0.05, 0) is 30.4 Å². The molecule has 5 nitrogen and oxygen atoms in total. The van der Waals surface area contributed by atoms with Crippen LogP contribution in [-0.2, 0) is 22.6 Å². The fourth-order valence-electron chi connectivity index (χ4n) is 3.44. The van der Waals surface area contributed by atoms with E-state index in [1.807, 2.05) is 12.1 Å². The Hall–Kier alpha value is -1.43. The van der Waals surface area contributed by atoms with Crippen molar-refractivity contribution in [2.45, 2.75) is 38.5 Å². The van der Waals surface area contributed by atoms with E-state index < -0.39 is 6.10 Å². The van der Waals surface area contributed by atoms with Crippen molar-refractivity contribution < 1.29 is 14.6 Å². The van der Waals surface area contributed by atoms with Gasteiger partial charge in [0.05, 0.1) is 25.2 Å². The topological polar surface area (TPSA) is 61.8 Å². The molecule has 23 heavy (non-hydrogen) atoms. The smallest absolute Gasteiger partial charge is 0.225 e. The molecule has 2 fully saturated rings. The summed E-state index contributed by atoms with van der Waals surface area (Å²) in [5.74, 6) is -0.252. The van der Waals surface area contributed by atoms with Crippen molar-refractivity contribution in [3.8, 4) is 0 Å². The maximum absolute atomic E-state index is 12.2. The quantitative estimate of drug-likeness (QED) is 0.859. The summed E-state index contributed by atoms with van der Waals surface area (Å²) >= 11 is 0. The number of benzene rings is 1. The molecule has 1 saturated carbocycles. The summed E-state index contributed by atoms with van der Waals surface area (Å²) in [6, 6.07) is 8.25. The molecule has 0 radical (unpaired) electrons. The lowest BCUT2D eigenvalue weighted by molar-refractivity contribution is -0.127. The lowest BCUT2D eigenvalue weighted by Gasteiger charge is -2.27. The minimum Gasteiger partial charge on any atom is -0.392 e. The zero-order valence-electron chi connectivity index (χ0n) is 13.5. The van der Waals surface area contributed by atoms with Crippen LogP contribution in [0.25, 0.3) is 0 Å². The van der Waals surface area contributed by atoms with Crippen LogP contribution in [0, 0.1) is 5.92 Å². The minimum atomic E-state index is -0.474. The molecule has 126 valence electrons.